The molecule has 0 amide bonds. The number of hydrogen-bond donors (Lipinski definition) is 3. The Hall–Kier alpha value is -0.820. The van der Waals surface area contributed by atoms with Gasteiger partial charge in [-0.3, -0.25) is 4.99 Å². The van der Waals surface area contributed by atoms with Gasteiger partial charge >= 0.3 is 0 Å². The number of aliphatic hydroxyl groups is 1. The van der Waals surface area contributed by atoms with Gasteiger partial charge in [-0.2, -0.15) is 0 Å². The van der Waals surface area contributed by atoms with E-state index in [1.54, 1.807) is 0 Å². The van der Waals surface area contributed by atoms with Gasteiger partial charge in [0.15, 0.2) is 5.96 Å². The molecule has 0 saturated heterocycles. The molecule has 0 aliphatic rings. The van der Waals surface area contributed by atoms with E-state index in [0.717, 1.165) is 31.5 Å². The molecule has 1 aromatic carbocycles. The molecule has 0 spiro atoms. The van der Waals surface area contributed by atoms with Gasteiger partial charge in [-0.1, -0.05) is 38.1 Å². The van der Waals surface area contributed by atoms with Gasteiger partial charge in [0, 0.05) is 13.1 Å². The number of rotatable bonds is 7. The monoisotopic (exact) mass is 391 g/mol. The SMILES string of the molecule is CC(C)CCN=C(N)NCCc1ccc(CO)cc1.I. The zero-order valence-electron chi connectivity index (χ0n) is 12.3. The van der Waals surface area contributed by atoms with E-state index >= 15 is 0 Å². The molecule has 4 nitrogen and oxygen atoms in total. The van der Waals surface area contributed by atoms with Gasteiger partial charge < -0.3 is 16.2 Å². The van der Waals surface area contributed by atoms with E-state index in [1.807, 2.05) is 24.3 Å². The third-order valence-electron chi connectivity index (χ3n) is 2.91. The van der Waals surface area contributed by atoms with Crippen LogP contribution in [0.5, 0.6) is 0 Å². The number of nitrogens with two attached hydrogens (primary N) is 1. The summed E-state index contributed by atoms with van der Waals surface area (Å²) in [6.07, 6.45) is 1.96. The lowest BCUT2D eigenvalue weighted by molar-refractivity contribution is 0.282. The minimum absolute atomic E-state index is 0. The molecule has 0 aliphatic heterocycles. The maximum atomic E-state index is 8.95. The molecule has 5 heteroatoms. The summed E-state index contributed by atoms with van der Waals surface area (Å²) in [5.41, 5.74) is 7.93. The van der Waals surface area contributed by atoms with Crippen LogP contribution in [0.15, 0.2) is 29.3 Å². The number of nitrogens with zero attached hydrogens (tertiary/aromatic N) is 1. The van der Waals surface area contributed by atoms with Crippen LogP contribution < -0.4 is 11.1 Å². The fourth-order valence-electron chi connectivity index (χ4n) is 1.65. The van der Waals surface area contributed by atoms with Crippen molar-refractivity contribution in [3.05, 3.63) is 35.4 Å². The van der Waals surface area contributed by atoms with Crippen molar-refractivity contribution in [1.29, 1.82) is 0 Å². The van der Waals surface area contributed by atoms with Crippen LogP contribution in [0.3, 0.4) is 0 Å². The molecule has 1 rings (SSSR count). The first-order valence-corrected chi connectivity index (χ1v) is 6.84. The summed E-state index contributed by atoms with van der Waals surface area (Å²) >= 11 is 0. The summed E-state index contributed by atoms with van der Waals surface area (Å²) in [6, 6.07) is 7.93. The van der Waals surface area contributed by atoms with Crippen molar-refractivity contribution in [3.63, 3.8) is 0 Å². The third kappa shape index (κ3) is 8.37. The second-order valence-corrected chi connectivity index (χ2v) is 5.10. The van der Waals surface area contributed by atoms with Crippen LogP contribution in [0.25, 0.3) is 0 Å². The number of nitrogens with one attached hydrogen (secondary N) is 1. The third-order valence-corrected chi connectivity index (χ3v) is 2.91. The van der Waals surface area contributed by atoms with Gasteiger partial charge in [-0.05, 0) is 29.9 Å². The van der Waals surface area contributed by atoms with Crippen LogP contribution >= 0.6 is 24.0 Å². The van der Waals surface area contributed by atoms with Crippen LogP contribution in [0.2, 0.25) is 0 Å². The van der Waals surface area contributed by atoms with Gasteiger partial charge in [-0.25, -0.2) is 0 Å². The molecule has 0 unspecified atom stereocenters. The van der Waals surface area contributed by atoms with Crippen molar-refractivity contribution in [2.24, 2.45) is 16.6 Å². The summed E-state index contributed by atoms with van der Waals surface area (Å²) in [5, 5.41) is 12.1. The lowest BCUT2D eigenvalue weighted by Gasteiger charge is -2.07. The Morgan fingerprint density at radius 3 is 2.40 bits per heavy atom. The predicted molar refractivity (Wildman–Crippen MR) is 95.4 cm³/mol. The zero-order chi connectivity index (χ0) is 14.1. The van der Waals surface area contributed by atoms with E-state index in [0.29, 0.717) is 11.9 Å². The van der Waals surface area contributed by atoms with Crippen molar-refractivity contribution < 1.29 is 5.11 Å². The summed E-state index contributed by atoms with van der Waals surface area (Å²) in [5.74, 6) is 1.18. The van der Waals surface area contributed by atoms with E-state index in [4.69, 9.17) is 10.8 Å². The smallest absolute Gasteiger partial charge is 0.188 e. The first-order chi connectivity index (χ1) is 9.11. The van der Waals surface area contributed by atoms with Gasteiger partial charge in [0.25, 0.3) is 0 Å². The molecule has 4 N–H and O–H groups in total. The Morgan fingerprint density at radius 1 is 1.25 bits per heavy atom. The predicted octanol–water partition coefficient (Wildman–Crippen LogP) is 2.29. The van der Waals surface area contributed by atoms with Crippen LogP contribution in [0, 0.1) is 5.92 Å². The van der Waals surface area contributed by atoms with Gasteiger partial charge in [0.05, 0.1) is 6.61 Å². The normalized spacial score (nSPS) is 11.3. The summed E-state index contributed by atoms with van der Waals surface area (Å²) < 4.78 is 0. The molecule has 0 saturated carbocycles. The number of aliphatic hydroxyl groups excluding tert-OH is 1. The Balaban J connectivity index is 0.00000361. The molecule has 0 aliphatic carbocycles. The Bertz CT molecular complexity index is 391. The Kier molecular flexibility index (Phi) is 10.5. The van der Waals surface area contributed by atoms with Crippen molar-refractivity contribution in [2.75, 3.05) is 13.1 Å². The van der Waals surface area contributed by atoms with Crippen LogP contribution in [0.4, 0.5) is 0 Å². The molecule has 114 valence electrons. The molecule has 0 radical (unpaired) electrons. The Morgan fingerprint density at radius 2 is 1.85 bits per heavy atom. The highest BCUT2D eigenvalue weighted by Gasteiger charge is 1.96. The van der Waals surface area contributed by atoms with Gasteiger partial charge in [0.2, 0.25) is 0 Å². The molecule has 0 heterocycles. The molecular formula is C15H26IN3O. The zero-order valence-corrected chi connectivity index (χ0v) is 14.6. The van der Waals surface area contributed by atoms with Crippen molar-refractivity contribution in [3.8, 4) is 0 Å². The standard InChI is InChI=1S/C15H25N3O.HI/c1-12(2)7-9-17-15(16)18-10-8-13-3-5-14(11-19)6-4-13;/h3-6,12,19H,7-11H2,1-2H3,(H3,16,17,18);1H. The largest absolute Gasteiger partial charge is 0.392 e. The lowest BCUT2D eigenvalue weighted by atomic mass is 10.1. The fourth-order valence-corrected chi connectivity index (χ4v) is 1.65. The minimum atomic E-state index is 0. The second-order valence-electron chi connectivity index (χ2n) is 5.10. The van der Waals surface area contributed by atoms with E-state index in [-0.39, 0.29) is 30.6 Å². The number of aliphatic imine (C=N–C) groups is 1. The average molecular weight is 391 g/mol. The number of hydrogen-bond acceptors (Lipinski definition) is 2. The van der Waals surface area contributed by atoms with E-state index in [1.165, 1.54) is 5.56 Å². The van der Waals surface area contributed by atoms with Gasteiger partial charge in [-0.15, -0.1) is 24.0 Å². The first-order valence-electron chi connectivity index (χ1n) is 6.84. The first kappa shape index (κ1) is 19.2. The molecule has 0 aromatic heterocycles. The van der Waals surface area contributed by atoms with E-state index in [9.17, 15) is 0 Å². The summed E-state index contributed by atoms with van der Waals surface area (Å²) in [7, 11) is 0. The van der Waals surface area contributed by atoms with Crippen LogP contribution in [0.1, 0.15) is 31.4 Å². The maximum Gasteiger partial charge on any atom is 0.188 e. The fraction of sp³-hybridized carbons (Fsp3) is 0.533. The molecular weight excluding hydrogens is 365 g/mol. The van der Waals surface area contributed by atoms with Gasteiger partial charge in [0.1, 0.15) is 0 Å². The highest BCUT2D eigenvalue weighted by molar-refractivity contribution is 14.0. The molecule has 1 aromatic rings. The van der Waals surface area contributed by atoms with E-state index < -0.39 is 0 Å². The molecule has 0 bridgehead atoms. The minimum Gasteiger partial charge on any atom is -0.392 e. The topological polar surface area (TPSA) is 70.6 Å². The molecule has 0 atom stereocenters. The number of halogens is 1. The number of guanidine groups is 1. The quantitative estimate of drug-likeness (QED) is 0.380. The van der Waals surface area contributed by atoms with Crippen LogP contribution in [-0.2, 0) is 13.0 Å². The maximum absolute atomic E-state index is 8.95. The average Bonchev–Trinajstić information content (AvgIpc) is 2.39. The molecule has 0 fully saturated rings. The Labute approximate surface area is 138 Å². The highest BCUT2D eigenvalue weighted by atomic mass is 127. The van der Waals surface area contributed by atoms with E-state index in [2.05, 4.69) is 24.2 Å². The summed E-state index contributed by atoms with van der Waals surface area (Å²) in [6.45, 7) is 6.00. The molecule has 20 heavy (non-hydrogen) atoms. The second kappa shape index (κ2) is 10.9. The lowest BCUT2D eigenvalue weighted by Crippen LogP contribution is -2.33. The number of benzene rings is 1. The highest BCUT2D eigenvalue weighted by Crippen LogP contribution is 2.04. The summed E-state index contributed by atoms with van der Waals surface area (Å²) in [4.78, 5) is 4.27. The van der Waals surface area contributed by atoms with Crippen molar-refractivity contribution >= 4 is 29.9 Å². The van der Waals surface area contributed by atoms with Crippen LogP contribution in [-0.4, -0.2) is 24.2 Å². The van der Waals surface area contributed by atoms with Crippen molar-refractivity contribution in [2.45, 2.75) is 33.3 Å². The van der Waals surface area contributed by atoms with Crippen molar-refractivity contribution in [1.82, 2.24) is 5.32 Å².